The number of methoxy groups -OCH3 is 1. The van der Waals surface area contributed by atoms with Gasteiger partial charge in [-0.3, -0.25) is 0 Å². The standard InChI is InChI=1S/C15H18IN3O/c1-4-12-13(16)15(17-2)19-14(18-12)11-8-6-5-7-10(11)9-20-3/h5-8H,4,9H2,1-3H3,(H,17,18,19). The second-order valence-electron chi connectivity index (χ2n) is 4.35. The number of ether oxygens (including phenoxy) is 1. The number of hydrogen-bond donors (Lipinski definition) is 1. The Balaban J connectivity index is 2.58. The normalized spacial score (nSPS) is 10.6. The Morgan fingerprint density at radius 2 is 2.00 bits per heavy atom. The first-order valence-corrected chi connectivity index (χ1v) is 7.60. The Kier molecular flexibility index (Phi) is 5.31. The van der Waals surface area contributed by atoms with Gasteiger partial charge in [-0.05, 0) is 34.6 Å². The van der Waals surface area contributed by atoms with Gasteiger partial charge in [-0.25, -0.2) is 9.97 Å². The monoisotopic (exact) mass is 383 g/mol. The molecule has 2 rings (SSSR count). The summed E-state index contributed by atoms with van der Waals surface area (Å²) in [5.74, 6) is 1.62. The second kappa shape index (κ2) is 6.99. The molecule has 4 nitrogen and oxygen atoms in total. The molecule has 1 heterocycles. The zero-order valence-electron chi connectivity index (χ0n) is 11.9. The maximum absolute atomic E-state index is 5.25. The summed E-state index contributed by atoms with van der Waals surface area (Å²) >= 11 is 2.29. The number of benzene rings is 1. The van der Waals surface area contributed by atoms with Gasteiger partial charge in [0.1, 0.15) is 5.82 Å². The lowest BCUT2D eigenvalue weighted by Crippen LogP contribution is -2.06. The Morgan fingerprint density at radius 1 is 1.25 bits per heavy atom. The van der Waals surface area contributed by atoms with Gasteiger partial charge in [-0.15, -0.1) is 0 Å². The number of halogens is 1. The maximum Gasteiger partial charge on any atom is 0.162 e. The van der Waals surface area contributed by atoms with Crippen molar-refractivity contribution >= 4 is 28.4 Å². The summed E-state index contributed by atoms with van der Waals surface area (Å²) < 4.78 is 6.34. The van der Waals surface area contributed by atoms with Gasteiger partial charge in [-0.2, -0.15) is 0 Å². The van der Waals surface area contributed by atoms with E-state index < -0.39 is 0 Å². The second-order valence-corrected chi connectivity index (χ2v) is 5.43. The van der Waals surface area contributed by atoms with Crippen LogP contribution in [-0.4, -0.2) is 24.1 Å². The fraction of sp³-hybridized carbons (Fsp3) is 0.333. The van der Waals surface area contributed by atoms with E-state index in [9.17, 15) is 0 Å². The third-order valence-electron chi connectivity index (χ3n) is 3.05. The molecule has 0 spiro atoms. The Bertz CT molecular complexity index is 576. The highest BCUT2D eigenvalue weighted by molar-refractivity contribution is 14.1. The van der Waals surface area contributed by atoms with Crippen molar-refractivity contribution in [3.05, 3.63) is 39.1 Å². The van der Waals surface area contributed by atoms with Crippen molar-refractivity contribution in [2.75, 3.05) is 19.5 Å². The number of aromatic nitrogens is 2. The van der Waals surface area contributed by atoms with E-state index >= 15 is 0 Å². The summed E-state index contributed by atoms with van der Waals surface area (Å²) in [5, 5.41) is 3.14. The van der Waals surface area contributed by atoms with Crippen LogP contribution in [0, 0.1) is 3.57 Å². The first kappa shape index (κ1) is 15.2. The van der Waals surface area contributed by atoms with Crippen LogP contribution in [0.15, 0.2) is 24.3 Å². The molecule has 0 saturated carbocycles. The van der Waals surface area contributed by atoms with E-state index in [0.717, 1.165) is 38.5 Å². The minimum atomic E-state index is 0.557. The molecule has 1 aromatic carbocycles. The van der Waals surface area contributed by atoms with Crippen LogP contribution in [-0.2, 0) is 17.8 Å². The van der Waals surface area contributed by atoms with Crippen molar-refractivity contribution in [2.45, 2.75) is 20.0 Å². The number of hydrogen-bond acceptors (Lipinski definition) is 4. The first-order valence-electron chi connectivity index (χ1n) is 6.52. The highest BCUT2D eigenvalue weighted by atomic mass is 127. The third-order valence-corrected chi connectivity index (χ3v) is 4.18. The smallest absolute Gasteiger partial charge is 0.162 e. The van der Waals surface area contributed by atoms with E-state index in [4.69, 9.17) is 9.72 Å². The van der Waals surface area contributed by atoms with Gasteiger partial charge in [-0.1, -0.05) is 31.2 Å². The van der Waals surface area contributed by atoms with Crippen LogP contribution in [0.5, 0.6) is 0 Å². The van der Waals surface area contributed by atoms with Crippen LogP contribution in [0.4, 0.5) is 5.82 Å². The molecule has 106 valence electrons. The summed E-state index contributed by atoms with van der Waals surface area (Å²) in [5.41, 5.74) is 3.18. The molecule has 0 aliphatic carbocycles. The molecule has 0 atom stereocenters. The number of anilines is 1. The molecule has 0 aliphatic rings. The summed E-state index contributed by atoms with van der Waals surface area (Å²) in [7, 11) is 3.58. The number of nitrogens with zero attached hydrogens (tertiary/aromatic N) is 2. The molecule has 0 unspecified atom stereocenters. The van der Waals surface area contributed by atoms with E-state index in [1.807, 2.05) is 31.3 Å². The largest absolute Gasteiger partial charge is 0.380 e. The van der Waals surface area contributed by atoms with Crippen LogP contribution in [0.3, 0.4) is 0 Å². The predicted octanol–water partition coefficient (Wildman–Crippen LogP) is 3.50. The van der Waals surface area contributed by atoms with Gasteiger partial charge in [0.2, 0.25) is 0 Å². The van der Waals surface area contributed by atoms with Crippen molar-refractivity contribution in [1.82, 2.24) is 9.97 Å². The number of rotatable bonds is 5. The fourth-order valence-electron chi connectivity index (χ4n) is 2.03. The average molecular weight is 383 g/mol. The number of aryl methyl sites for hydroxylation is 1. The highest BCUT2D eigenvalue weighted by Gasteiger charge is 2.13. The molecule has 0 aliphatic heterocycles. The molecule has 1 aromatic heterocycles. The van der Waals surface area contributed by atoms with Crippen molar-refractivity contribution in [3.63, 3.8) is 0 Å². The molecular formula is C15H18IN3O. The summed E-state index contributed by atoms with van der Waals surface area (Å²) in [4.78, 5) is 9.33. The molecule has 0 fully saturated rings. The topological polar surface area (TPSA) is 47.0 Å². The minimum absolute atomic E-state index is 0.557. The summed E-state index contributed by atoms with van der Waals surface area (Å²) in [6.07, 6.45) is 0.884. The zero-order valence-corrected chi connectivity index (χ0v) is 14.1. The molecule has 20 heavy (non-hydrogen) atoms. The van der Waals surface area contributed by atoms with Crippen LogP contribution in [0.25, 0.3) is 11.4 Å². The van der Waals surface area contributed by atoms with Gasteiger partial charge in [0.25, 0.3) is 0 Å². The van der Waals surface area contributed by atoms with E-state index in [0.29, 0.717) is 6.61 Å². The lowest BCUT2D eigenvalue weighted by Gasteiger charge is -2.12. The molecular weight excluding hydrogens is 365 g/mol. The van der Waals surface area contributed by atoms with Gasteiger partial charge in [0, 0.05) is 19.7 Å². The summed E-state index contributed by atoms with van der Waals surface area (Å²) in [6, 6.07) is 8.09. The molecule has 2 aromatic rings. The van der Waals surface area contributed by atoms with Crippen molar-refractivity contribution in [3.8, 4) is 11.4 Å². The predicted molar refractivity (Wildman–Crippen MR) is 89.8 cm³/mol. The summed E-state index contributed by atoms with van der Waals surface area (Å²) in [6.45, 7) is 2.66. The van der Waals surface area contributed by atoms with Gasteiger partial charge < -0.3 is 10.1 Å². The quantitative estimate of drug-likeness (QED) is 0.803. The molecule has 0 saturated heterocycles. The lowest BCUT2D eigenvalue weighted by atomic mass is 10.1. The van der Waals surface area contributed by atoms with Crippen LogP contribution >= 0.6 is 22.6 Å². The van der Waals surface area contributed by atoms with Crippen LogP contribution in [0.1, 0.15) is 18.2 Å². The highest BCUT2D eigenvalue weighted by Crippen LogP contribution is 2.26. The van der Waals surface area contributed by atoms with Gasteiger partial charge in [0.05, 0.1) is 15.9 Å². The van der Waals surface area contributed by atoms with Crippen molar-refractivity contribution < 1.29 is 4.74 Å². The molecule has 0 radical (unpaired) electrons. The minimum Gasteiger partial charge on any atom is -0.380 e. The van der Waals surface area contributed by atoms with E-state index in [1.165, 1.54) is 0 Å². The van der Waals surface area contributed by atoms with Crippen molar-refractivity contribution in [2.24, 2.45) is 0 Å². The van der Waals surface area contributed by atoms with E-state index in [2.05, 4.69) is 39.8 Å². The Labute approximate surface area is 133 Å². The molecule has 1 N–H and O–H groups in total. The van der Waals surface area contributed by atoms with Crippen LogP contribution < -0.4 is 5.32 Å². The van der Waals surface area contributed by atoms with E-state index in [-0.39, 0.29) is 0 Å². The fourth-order valence-corrected chi connectivity index (χ4v) is 2.93. The number of nitrogens with one attached hydrogen (secondary N) is 1. The maximum atomic E-state index is 5.25. The lowest BCUT2D eigenvalue weighted by molar-refractivity contribution is 0.185. The van der Waals surface area contributed by atoms with E-state index in [1.54, 1.807) is 7.11 Å². The average Bonchev–Trinajstić information content (AvgIpc) is 2.48. The molecule has 0 bridgehead atoms. The zero-order chi connectivity index (χ0) is 14.5. The SMILES string of the molecule is CCc1nc(-c2ccccc2COC)nc(NC)c1I. The molecule has 0 amide bonds. The first-order chi connectivity index (χ1) is 9.71. The molecule has 5 heteroatoms. The Morgan fingerprint density at radius 3 is 2.65 bits per heavy atom. The van der Waals surface area contributed by atoms with Crippen LogP contribution in [0.2, 0.25) is 0 Å². The van der Waals surface area contributed by atoms with Gasteiger partial charge >= 0.3 is 0 Å². The Hall–Kier alpha value is -1.21. The third kappa shape index (κ3) is 3.09. The van der Waals surface area contributed by atoms with Crippen molar-refractivity contribution in [1.29, 1.82) is 0 Å². The van der Waals surface area contributed by atoms with Gasteiger partial charge in [0.15, 0.2) is 5.82 Å².